The van der Waals surface area contributed by atoms with Crippen LogP contribution in [0.5, 0.6) is 0 Å². The third-order valence-corrected chi connectivity index (χ3v) is 4.73. The molecule has 0 saturated carbocycles. The first-order chi connectivity index (χ1) is 12.5. The quantitative estimate of drug-likeness (QED) is 0.785. The van der Waals surface area contributed by atoms with E-state index in [0.29, 0.717) is 12.1 Å². The molecule has 0 aliphatic carbocycles. The van der Waals surface area contributed by atoms with Gasteiger partial charge in [-0.15, -0.1) is 0 Å². The van der Waals surface area contributed by atoms with Gasteiger partial charge in [-0.1, -0.05) is 24.3 Å². The number of nitrogens with zero attached hydrogens (tertiary/aromatic N) is 1. The molecule has 0 radical (unpaired) electrons. The molecule has 0 fully saturated rings. The summed E-state index contributed by atoms with van der Waals surface area (Å²) in [7, 11) is 0. The number of carbonyl (C=O) groups excluding carboxylic acids is 1. The van der Waals surface area contributed by atoms with Gasteiger partial charge in [0.1, 0.15) is 0 Å². The van der Waals surface area contributed by atoms with Gasteiger partial charge in [-0.3, -0.25) is 9.69 Å². The molecule has 0 saturated heterocycles. The van der Waals surface area contributed by atoms with E-state index in [1.807, 2.05) is 0 Å². The van der Waals surface area contributed by atoms with Gasteiger partial charge < -0.3 is 10.4 Å². The molecule has 136 valence electrons. The molecule has 5 heteroatoms. The Morgan fingerprint density at radius 2 is 1.85 bits per heavy atom. The molecule has 0 atom stereocenters. The van der Waals surface area contributed by atoms with E-state index in [0.717, 1.165) is 38.0 Å². The lowest BCUT2D eigenvalue weighted by Gasteiger charge is -2.28. The largest absolute Gasteiger partial charge is 0.478 e. The summed E-state index contributed by atoms with van der Waals surface area (Å²) in [4.78, 5) is 25.8. The van der Waals surface area contributed by atoms with Gasteiger partial charge in [-0.2, -0.15) is 0 Å². The molecule has 0 bridgehead atoms. The van der Waals surface area contributed by atoms with E-state index >= 15 is 0 Å². The van der Waals surface area contributed by atoms with Crippen molar-refractivity contribution in [2.75, 3.05) is 19.6 Å². The maximum absolute atomic E-state index is 12.3. The molecule has 3 rings (SSSR count). The number of carbonyl (C=O) groups is 2. The summed E-state index contributed by atoms with van der Waals surface area (Å²) in [5.41, 5.74) is 4.13. The number of amides is 1. The fourth-order valence-electron chi connectivity index (χ4n) is 3.39. The van der Waals surface area contributed by atoms with Crippen molar-refractivity contribution in [1.82, 2.24) is 10.2 Å². The maximum atomic E-state index is 12.3. The minimum atomic E-state index is -1.02. The normalized spacial score (nSPS) is 13.9. The summed E-state index contributed by atoms with van der Waals surface area (Å²) in [6.45, 7) is 5.31. The first kappa shape index (κ1) is 18.1. The smallest absolute Gasteiger partial charge is 0.335 e. The van der Waals surface area contributed by atoms with Gasteiger partial charge in [-0.25, -0.2) is 4.79 Å². The number of fused-ring (bicyclic) bond motifs is 1. The molecule has 1 heterocycles. The van der Waals surface area contributed by atoms with Gasteiger partial charge in [0.2, 0.25) is 0 Å². The molecule has 1 aliphatic rings. The topological polar surface area (TPSA) is 69.6 Å². The number of rotatable bonds is 6. The van der Waals surface area contributed by atoms with E-state index in [9.17, 15) is 9.59 Å². The Kier molecular flexibility index (Phi) is 5.68. The van der Waals surface area contributed by atoms with E-state index in [1.165, 1.54) is 17.2 Å². The van der Waals surface area contributed by atoms with Crippen molar-refractivity contribution in [1.29, 1.82) is 0 Å². The summed E-state index contributed by atoms with van der Waals surface area (Å²) < 4.78 is 0. The standard InChI is InChI=1S/C21H24N2O3/c1-15-11-18(13-19(12-15)21(25)26)20(24)22-8-4-9-23-10-7-16-5-2-3-6-17(16)14-23/h2-3,5-6,11-13H,4,7-10,14H2,1H3,(H,22,24)(H,25,26). The second-order valence-corrected chi connectivity index (χ2v) is 6.80. The number of carboxylic acids is 1. The molecule has 0 spiro atoms. The Morgan fingerprint density at radius 1 is 1.12 bits per heavy atom. The van der Waals surface area contributed by atoms with Gasteiger partial charge in [0.05, 0.1) is 5.56 Å². The van der Waals surface area contributed by atoms with Crippen LogP contribution in [0.4, 0.5) is 0 Å². The monoisotopic (exact) mass is 352 g/mol. The van der Waals surface area contributed by atoms with Crippen molar-refractivity contribution >= 4 is 11.9 Å². The summed E-state index contributed by atoms with van der Waals surface area (Å²) in [6.07, 6.45) is 1.94. The van der Waals surface area contributed by atoms with E-state index in [2.05, 4.69) is 34.5 Å². The molecular weight excluding hydrogens is 328 g/mol. The average Bonchev–Trinajstić information content (AvgIpc) is 2.64. The van der Waals surface area contributed by atoms with E-state index < -0.39 is 5.97 Å². The predicted octanol–water partition coefficient (Wildman–Crippen LogP) is 2.87. The minimum absolute atomic E-state index is 0.141. The minimum Gasteiger partial charge on any atom is -0.478 e. The lowest BCUT2D eigenvalue weighted by Crippen LogP contribution is -2.33. The number of aromatic carboxylic acids is 1. The van der Waals surface area contributed by atoms with Crippen LogP contribution in [-0.4, -0.2) is 41.5 Å². The summed E-state index contributed by atoms with van der Waals surface area (Å²) in [5, 5.41) is 12.0. The summed E-state index contributed by atoms with van der Waals surface area (Å²) >= 11 is 0. The predicted molar refractivity (Wildman–Crippen MR) is 101 cm³/mol. The van der Waals surface area contributed by atoms with Crippen LogP contribution in [0.1, 0.15) is 43.8 Å². The molecule has 0 aromatic heterocycles. The second-order valence-electron chi connectivity index (χ2n) is 6.80. The van der Waals surface area contributed by atoms with Crippen LogP contribution in [0, 0.1) is 6.92 Å². The molecule has 0 unspecified atom stereocenters. The summed E-state index contributed by atoms with van der Waals surface area (Å²) in [6, 6.07) is 13.2. The number of benzene rings is 2. The first-order valence-corrected chi connectivity index (χ1v) is 8.95. The van der Waals surface area contributed by atoms with Crippen LogP contribution in [0.2, 0.25) is 0 Å². The highest BCUT2D eigenvalue weighted by Gasteiger charge is 2.15. The van der Waals surface area contributed by atoms with Gasteiger partial charge >= 0.3 is 5.97 Å². The van der Waals surface area contributed by atoms with E-state index in [-0.39, 0.29) is 11.5 Å². The highest BCUT2D eigenvalue weighted by molar-refractivity contribution is 5.97. The zero-order valence-corrected chi connectivity index (χ0v) is 15.0. The molecule has 5 nitrogen and oxygen atoms in total. The number of hydrogen-bond acceptors (Lipinski definition) is 3. The highest BCUT2D eigenvalue weighted by atomic mass is 16.4. The molecule has 2 aromatic carbocycles. The van der Waals surface area contributed by atoms with Crippen LogP contribution < -0.4 is 5.32 Å². The van der Waals surface area contributed by atoms with Crippen molar-refractivity contribution in [3.8, 4) is 0 Å². The number of hydrogen-bond donors (Lipinski definition) is 2. The number of carboxylic acid groups (broad SMARTS) is 1. The van der Waals surface area contributed by atoms with E-state index in [4.69, 9.17) is 5.11 Å². The SMILES string of the molecule is Cc1cc(C(=O)O)cc(C(=O)NCCCN2CCc3ccccc3C2)c1. The molecule has 26 heavy (non-hydrogen) atoms. The van der Waals surface area contributed by atoms with Gasteiger partial charge in [0.15, 0.2) is 0 Å². The van der Waals surface area contributed by atoms with Crippen molar-refractivity contribution in [2.24, 2.45) is 0 Å². The Labute approximate surface area is 153 Å². The number of aryl methyl sites for hydroxylation is 1. The molecule has 1 amide bonds. The Bertz CT molecular complexity index is 817. The maximum Gasteiger partial charge on any atom is 0.335 e. The molecular formula is C21H24N2O3. The zero-order valence-electron chi connectivity index (χ0n) is 15.0. The Morgan fingerprint density at radius 3 is 2.62 bits per heavy atom. The van der Waals surface area contributed by atoms with Gasteiger partial charge in [0.25, 0.3) is 5.91 Å². The van der Waals surface area contributed by atoms with Gasteiger partial charge in [-0.05, 0) is 54.7 Å². The summed E-state index contributed by atoms with van der Waals surface area (Å²) in [5.74, 6) is -1.24. The highest BCUT2D eigenvalue weighted by Crippen LogP contribution is 2.18. The van der Waals surface area contributed by atoms with Crippen LogP contribution in [0.3, 0.4) is 0 Å². The van der Waals surface area contributed by atoms with Crippen LogP contribution in [0.15, 0.2) is 42.5 Å². The lowest BCUT2D eigenvalue weighted by molar-refractivity contribution is 0.0696. The fraction of sp³-hybridized carbons (Fsp3) is 0.333. The van der Waals surface area contributed by atoms with Gasteiger partial charge in [0, 0.05) is 31.7 Å². The Balaban J connectivity index is 1.47. The third-order valence-electron chi connectivity index (χ3n) is 4.73. The Hall–Kier alpha value is -2.66. The first-order valence-electron chi connectivity index (χ1n) is 8.95. The van der Waals surface area contributed by atoms with E-state index in [1.54, 1.807) is 19.1 Å². The molecule has 2 N–H and O–H groups in total. The zero-order chi connectivity index (χ0) is 18.5. The molecule has 1 aliphatic heterocycles. The van der Waals surface area contributed by atoms with Crippen molar-refractivity contribution in [3.63, 3.8) is 0 Å². The van der Waals surface area contributed by atoms with Crippen molar-refractivity contribution in [2.45, 2.75) is 26.3 Å². The lowest BCUT2D eigenvalue weighted by atomic mass is 10.00. The molecule has 2 aromatic rings. The third kappa shape index (κ3) is 4.49. The number of nitrogens with one attached hydrogen (secondary N) is 1. The van der Waals surface area contributed by atoms with Crippen LogP contribution in [-0.2, 0) is 13.0 Å². The fourth-order valence-corrected chi connectivity index (χ4v) is 3.39. The van der Waals surface area contributed by atoms with Crippen molar-refractivity contribution in [3.05, 3.63) is 70.3 Å². The second kappa shape index (κ2) is 8.15. The van der Waals surface area contributed by atoms with Crippen molar-refractivity contribution < 1.29 is 14.7 Å². The van der Waals surface area contributed by atoms with Crippen LogP contribution in [0.25, 0.3) is 0 Å². The van der Waals surface area contributed by atoms with Crippen LogP contribution >= 0.6 is 0 Å². The average molecular weight is 352 g/mol.